The highest BCUT2D eigenvalue weighted by atomic mass is 35.5. The summed E-state index contributed by atoms with van der Waals surface area (Å²) in [4.78, 5) is 25.2. The summed E-state index contributed by atoms with van der Waals surface area (Å²) in [6, 6.07) is 0.138. The molecule has 5 nitrogen and oxygen atoms in total. The lowest BCUT2D eigenvalue weighted by Crippen LogP contribution is -2.41. The van der Waals surface area contributed by atoms with Crippen LogP contribution in [0, 0.1) is 11.8 Å². The summed E-state index contributed by atoms with van der Waals surface area (Å²) in [5, 5.41) is 0. The summed E-state index contributed by atoms with van der Waals surface area (Å²) >= 11 is 0. The zero-order chi connectivity index (χ0) is 13.7. The van der Waals surface area contributed by atoms with E-state index in [9.17, 15) is 9.59 Å². The number of nitrogens with two attached hydrogens (primary N) is 1. The summed E-state index contributed by atoms with van der Waals surface area (Å²) in [6.45, 7) is 2.17. The molecule has 1 aliphatic rings. The van der Waals surface area contributed by atoms with Crippen LogP contribution in [0.2, 0.25) is 0 Å². The van der Waals surface area contributed by atoms with Gasteiger partial charge in [-0.25, -0.2) is 0 Å². The minimum Gasteiger partial charge on any atom is -0.469 e. The highest BCUT2D eigenvalue weighted by Gasteiger charge is 2.28. The number of carbonyl (C=O) groups is 2. The number of ether oxygens (including phenoxy) is 1. The lowest BCUT2D eigenvalue weighted by Gasteiger charge is -2.30. The maximum atomic E-state index is 12.2. The maximum Gasteiger partial charge on any atom is 0.310 e. The van der Waals surface area contributed by atoms with Crippen molar-refractivity contribution in [3.8, 4) is 0 Å². The van der Waals surface area contributed by atoms with E-state index < -0.39 is 0 Å². The first kappa shape index (κ1) is 18.2. The van der Waals surface area contributed by atoms with Crippen LogP contribution >= 0.6 is 12.4 Å². The molecule has 0 aromatic rings. The van der Waals surface area contributed by atoms with Crippen molar-refractivity contribution in [3.63, 3.8) is 0 Å². The largest absolute Gasteiger partial charge is 0.469 e. The molecule has 3 unspecified atom stereocenters. The Labute approximate surface area is 121 Å². The number of rotatable bonds is 4. The molecule has 1 aliphatic carbocycles. The molecule has 1 fully saturated rings. The van der Waals surface area contributed by atoms with E-state index in [1.807, 2.05) is 0 Å². The molecule has 0 bridgehead atoms. The smallest absolute Gasteiger partial charge is 0.310 e. The van der Waals surface area contributed by atoms with Crippen LogP contribution in [0.3, 0.4) is 0 Å². The number of halogens is 1. The molecule has 0 aromatic carbocycles. The standard InChI is InChI=1S/C13H24N2O3.ClH/c1-9(13(17)18-3)8-15(2)12(16)10-5-4-6-11(14)7-10;/h9-11H,4-8,14H2,1-3H3;1H. The van der Waals surface area contributed by atoms with E-state index in [-0.39, 0.29) is 42.2 Å². The molecule has 1 rings (SSSR count). The van der Waals surface area contributed by atoms with E-state index in [2.05, 4.69) is 4.74 Å². The predicted molar refractivity (Wildman–Crippen MR) is 76.0 cm³/mol. The van der Waals surface area contributed by atoms with Gasteiger partial charge >= 0.3 is 5.97 Å². The van der Waals surface area contributed by atoms with Crippen molar-refractivity contribution in [2.75, 3.05) is 20.7 Å². The lowest BCUT2D eigenvalue weighted by molar-refractivity contribution is -0.146. The Kier molecular flexibility index (Phi) is 8.02. The molecule has 19 heavy (non-hydrogen) atoms. The summed E-state index contributed by atoms with van der Waals surface area (Å²) in [6.07, 6.45) is 3.68. The fraction of sp³-hybridized carbons (Fsp3) is 0.846. The Bertz CT molecular complexity index is 312. The molecule has 0 aliphatic heterocycles. The van der Waals surface area contributed by atoms with Crippen molar-refractivity contribution in [3.05, 3.63) is 0 Å². The minimum atomic E-state index is -0.291. The van der Waals surface area contributed by atoms with Gasteiger partial charge in [-0.05, 0) is 19.3 Å². The average molecular weight is 293 g/mol. The normalized spacial score (nSPS) is 24.0. The molecular weight excluding hydrogens is 268 g/mol. The lowest BCUT2D eigenvalue weighted by atomic mass is 9.85. The van der Waals surface area contributed by atoms with Gasteiger partial charge in [0.05, 0.1) is 13.0 Å². The van der Waals surface area contributed by atoms with Crippen LogP contribution in [-0.2, 0) is 14.3 Å². The Balaban J connectivity index is 0.00000324. The SMILES string of the molecule is COC(=O)C(C)CN(C)C(=O)C1CCCC(N)C1.Cl. The number of methoxy groups -OCH3 is 1. The molecule has 6 heteroatoms. The fourth-order valence-corrected chi connectivity index (χ4v) is 2.54. The van der Waals surface area contributed by atoms with Gasteiger partial charge in [0, 0.05) is 25.6 Å². The van der Waals surface area contributed by atoms with Gasteiger partial charge in [0.15, 0.2) is 0 Å². The quantitative estimate of drug-likeness (QED) is 0.790. The predicted octanol–water partition coefficient (Wildman–Crippen LogP) is 1.19. The molecule has 0 aromatic heterocycles. The highest BCUT2D eigenvalue weighted by molar-refractivity contribution is 5.85. The van der Waals surface area contributed by atoms with Crippen molar-refractivity contribution in [2.45, 2.75) is 38.6 Å². The van der Waals surface area contributed by atoms with Crippen LogP contribution in [0.5, 0.6) is 0 Å². The second kappa shape index (κ2) is 8.38. The van der Waals surface area contributed by atoms with Crippen LogP contribution in [0.25, 0.3) is 0 Å². The summed E-state index contributed by atoms with van der Waals surface area (Å²) in [5.41, 5.74) is 5.89. The first-order valence-corrected chi connectivity index (χ1v) is 6.54. The van der Waals surface area contributed by atoms with Crippen LogP contribution < -0.4 is 5.73 Å². The topological polar surface area (TPSA) is 72.6 Å². The van der Waals surface area contributed by atoms with Crippen LogP contribution in [0.1, 0.15) is 32.6 Å². The Morgan fingerprint density at radius 1 is 1.42 bits per heavy atom. The van der Waals surface area contributed by atoms with Gasteiger partial charge in [0.2, 0.25) is 5.91 Å². The maximum absolute atomic E-state index is 12.2. The van der Waals surface area contributed by atoms with E-state index >= 15 is 0 Å². The zero-order valence-electron chi connectivity index (χ0n) is 11.9. The molecule has 3 atom stereocenters. The molecule has 1 amide bonds. The third-order valence-corrected chi connectivity index (χ3v) is 3.59. The summed E-state index contributed by atoms with van der Waals surface area (Å²) in [7, 11) is 3.10. The average Bonchev–Trinajstić information content (AvgIpc) is 2.36. The van der Waals surface area contributed by atoms with E-state index in [1.165, 1.54) is 7.11 Å². The summed E-state index contributed by atoms with van der Waals surface area (Å²) in [5.74, 6) is -0.458. The molecule has 0 saturated heterocycles. The van der Waals surface area contributed by atoms with Crippen molar-refractivity contribution in [2.24, 2.45) is 17.6 Å². The van der Waals surface area contributed by atoms with Gasteiger partial charge in [-0.15, -0.1) is 12.4 Å². The number of amides is 1. The molecule has 1 saturated carbocycles. The van der Waals surface area contributed by atoms with Crippen molar-refractivity contribution in [1.82, 2.24) is 4.90 Å². The first-order chi connectivity index (χ1) is 8.45. The monoisotopic (exact) mass is 292 g/mol. The van der Waals surface area contributed by atoms with Gasteiger partial charge in [-0.2, -0.15) is 0 Å². The molecular formula is C13H25ClN2O3. The third kappa shape index (κ3) is 5.37. The molecule has 112 valence electrons. The Hall–Kier alpha value is -0.810. The zero-order valence-corrected chi connectivity index (χ0v) is 12.7. The number of hydrogen-bond acceptors (Lipinski definition) is 4. The second-order valence-electron chi connectivity index (χ2n) is 5.27. The van der Waals surface area contributed by atoms with Crippen LogP contribution in [-0.4, -0.2) is 43.5 Å². The fourth-order valence-electron chi connectivity index (χ4n) is 2.54. The van der Waals surface area contributed by atoms with Crippen LogP contribution in [0.4, 0.5) is 0 Å². The van der Waals surface area contributed by atoms with E-state index in [4.69, 9.17) is 5.73 Å². The van der Waals surface area contributed by atoms with Gasteiger partial charge in [-0.1, -0.05) is 13.3 Å². The Morgan fingerprint density at radius 3 is 2.58 bits per heavy atom. The van der Waals surface area contributed by atoms with Gasteiger partial charge in [-0.3, -0.25) is 9.59 Å². The molecule has 0 heterocycles. The van der Waals surface area contributed by atoms with E-state index in [0.717, 1.165) is 25.7 Å². The van der Waals surface area contributed by atoms with Crippen molar-refractivity contribution >= 4 is 24.3 Å². The second-order valence-corrected chi connectivity index (χ2v) is 5.27. The van der Waals surface area contributed by atoms with Gasteiger partial charge in [0.1, 0.15) is 0 Å². The third-order valence-electron chi connectivity index (χ3n) is 3.59. The van der Waals surface area contributed by atoms with Crippen molar-refractivity contribution in [1.29, 1.82) is 0 Å². The van der Waals surface area contributed by atoms with E-state index in [0.29, 0.717) is 6.54 Å². The van der Waals surface area contributed by atoms with Gasteiger partial charge in [0.25, 0.3) is 0 Å². The summed E-state index contributed by atoms with van der Waals surface area (Å²) < 4.78 is 4.66. The van der Waals surface area contributed by atoms with E-state index in [1.54, 1.807) is 18.9 Å². The minimum absolute atomic E-state index is 0. The molecule has 0 radical (unpaired) electrons. The Morgan fingerprint density at radius 2 is 2.05 bits per heavy atom. The number of hydrogen-bond donors (Lipinski definition) is 1. The first-order valence-electron chi connectivity index (χ1n) is 6.54. The number of esters is 1. The van der Waals surface area contributed by atoms with Crippen LogP contribution in [0.15, 0.2) is 0 Å². The number of carbonyl (C=O) groups excluding carboxylic acids is 2. The highest BCUT2D eigenvalue weighted by Crippen LogP contribution is 2.24. The molecule has 2 N–H and O–H groups in total. The number of nitrogens with zero attached hydrogens (tertiary/aromatic N) is 1. The molecule has 0 spiro atoms. The van der Waals surface area contributed by atoms with Crippen molar-refractivity contribution < 1.29 is 14.3 Å². The van der Waals surface area contributed by atoms with Gasteiger partial charge < -0.3 is 15.4 Å².